The molecule has 1 aliphatic carbocycles. The van der Waals surface area contributed by atoms with Crippen LogP contribution in [0.2, 0.25) is 5.02 Å². The van der Waals surface area contributed by atoms with Crippen LogP contribution in [0.15, 0.2) is 48.5 Å². The highest BCUT2D eigenvalue weighted by Crippen LogP contribution is 2.49. The van der Waals surface area contributed by atoms with Crippen LogP contribution in [0.5, 0.6) is 5.75 Å². The van der Waals surface area contributed by atoms with E-state index in [-0.39, 0.29) is 0 Å². The van der Waals surface area contributed by atoms with Gasteiger partial charge in [-0.1, -0.05) is 35.9 Å². The van der Waals surface area contributed by atoms with E-state index < -0.39 is 0 Å². The maximum Gasteiger partial charge on any atom is 0.115 e. The van der Waals surface area contributed by atoms with Gasteiger partial charge in [0, 0.05) is 17.6 Å². The Morgan fingerprint density at radius 1 is 1.12 bits per heavy atom. The molecule has 1 saturated carbocycles. The fourth-order valence-electron chi connectivity index (χ4n) is 4.64. The predicted molar refractivity (Wildman–Crippen MR) is 98.8 cm³/mol. The maximum absolute atomic E-state index is 9.83. The third-order valence-corrected chi connectivity index (χ3v) is 6.29. The molecule has 1 heterocycles. The van der Waals surface area contributed by atoms with Gasteiger partial charge in [-0.3, -0.25) is 4.90 Å². The summed E-state index contributed by atoms with van der Waals surface area (Å²) in [7, 11) is 0. The van der Waals surface area contributed by atoms with Crippen molar-refractivity contribution in [3.05, 3.63) is 64.7 Å². The molecular formula is C21H24ClNO. The number of halogens is 1. The molecule has 1 aliphatic heterocycles. The molecular weight excluding hydrogens is 318 g/mol. The number of nitrogens with zero attached hydrogens (tertiary/aromatic N) is 1. The Morgan fingerprint density at radius 2 is 1.96 bits per heavy atom. The summed E-state index contributed by atoms with van der Waals surface area (Å²) in [5.74, 6) is 0.399. The van der Waals surface area contributed by atoms with E-state index in [1.165, 1.54) is 36.8 Å². The van der Waals surface area contributed by atoms with Crippen LogP contribution in [0, 0.1) is 0 Å². The molecule has 2 unspecified atom stereocenters. The van der Waals surface area contributed by atoms with Gasteiger partial charge in [0.2, 0.25) is 0 Å². The third kappa shape index (κ3) is 3.05. The van der Waals surface area contributed by atoms with Crippen LogP contribution < -0.4 is 0 Å². The number of phenols is 1. The molecule has 0 aromatic heterocycles. The van der Waals surface area contributed by atoms with E-state index in [9.17, 15) is 5.11 Å². The monoisotopic (exact) mass is 341 g/mol. The largest absolute Gasteiger partial charge is 0.508 e. The van der Waals surface area contributed by atoms with Crippen LogP contribution in [0.3, 0.4) is 0 Å². The first-order valence-corrected chi connectivity index (χ1v) is 9.30. The van der Waals surface area contributed by atoms with Crippen molar-refractivity contribution in [3.63, 3.8) is 0 Å². The Morgan fingerprint density at radius 3 is 2.75 bits per heavy atom. The Labute approximate surface area is 149 Å². The molecule has 2 aromatic rings. The third-order valence-electron chi connectivity index (χ3n) is 6.04. The SMILES string of the molecule is Oc1cccc(C23CCC(C2)N(CCc2ccc(Cl)cc2)CC3)c1. The van der Waals surface area contributed by atoms with Crippen LogP contribution >= 0.6 is 11.6 Å². The lowest BCUT2D eigenvalue weighted by Gasteiger charge is -2.40. The lowest BCUT2D eigenvalue weighted by molar-refractivity contribution is 0.142. The minimum Gasteiger partial charge on any atom is -0.508 e. The van der Waals surface area contributed by atoms with Crippen molar-refractivity contribution >= 4 is 11.6 Å². The molecule has 4 rings (SSSR count). The number of piperidine rings is 1. The standard InChI is InChI=1S/C21H24ClNO/c22-18-6-4-16(5-7-18)9-12-23-13-11-21(10-8-19(23)15-21)17-2-1-3-20(24)14-17/h1-7,14,19,24H,8-13,15H2. The lowest BCUT2D eigenvalue weighted by atomic mass is 9.74. The highest BCUT2D eigenvalue weighted by molar-refractivity contribution is 6.30. The molecule has 0 amide bonds. The average Bonchev–Trinajstić information content (AvgIpc) is 2.95. The van der Waals surface area contributed by atoms with Gasteiger partial charge >= 0.3 is 0 Å². The summed E-state index contributed by atoms with van der Waals surface area (Å²) in [6.07, 6.45) is 6.05. The smallest absolute Gasteiger partial charge is 0.115 e. The van der Waals surface area contributed by atoms with Gasteiger partial charge < -0.3 is 5.11 Å². The minimum absolute atomic E-state index is 0.292. The van der Waals surface area contributed by atoms with Crippen molar-refractivity contribution in [1.82, 2.24) is 4.90 Å². The predicted octanol–water partition coefficient (Wildman–Crippen LogP) is 4.78. The van der Waals surface area contributed by atoms with Crippen LogP contribution in [-0.4, -0.2) is 29.1 Å². The van der Waals surface area contributed by atoms with Gasteiger partial charge in [0.25, 0.3) is 0 Å². The summed E-state index contributed by atoms with van der Waals surface area (Å²) >= 11 is 5.97. The van der Waals surface area contributed by atoms with E-state index in [0.29, 0.717) is 17.2 Å². The number of hydrogen-bond acceptors (Lipinski definition) is 2. The van der Waals surface area contributed by atoms with Crippen molar-refractivity contribution < 1.29 is 5.11 Å². The zero-order chi connectivity index (χ0) is 16.6. The Bertz CT molecular complexity index is 714. The molecule has 1 saturated heterocycles. The van der Waals surface area contributed by atoms with Gasteiger partial charge in [-0.25, -0.2) is 0 Å². The molecule has 126 valence electrons. The van der Waals surface area contributed by atoms with E-state index in [2.05, 4.69) is 23.1 Å². The summed E-state index contributed by atoms with van der Waals surface area (Å²) in [4.78, 5) is 2.67. The van der Waals surface area contributed by atoms with Crippen LogP contribution in [-0.2, 0) is 11.8 Å². The highest BCUT2D eigenvalue weighted by atomic mass is 35.5. The van der Waals surface area contributed by atoms with Crippen molar-refractivity contribution in [2.45, 2.75) is 43.6 Å². The summed E-state index contributed by atoms with van der Waals surface area (Å²) in [6.45, 7) is 2.29. The van der Waals surface area contributed by atoms with Crippen molar-refractivity contribution in [2.75, 3.05) is 13.1 Å². The van der Waals surface area contributed by atoms with Gasteiger partial charge in [-0.05, 0) is 79.5 Å². The van der Waals surface area contributed by atoms with Crippen LogP contribution in [0.4, 0.5) is 0 Å². The number of hydrogen-bond donors (Lipinski definition) is 1. The van der Waals surface area contributed by atoms with Crippen LogP contribution in [0.25, 0.3) is 0 Å². The molecule has 24 heavy (non-hydrogen) atoms. The van der Waals surface area contributed by atoms with E-state index in [0.717, 1.165) is 24.5 Å². The van der Waals surface area contributed by atoms with Gasteiger partial charge in [0.05, 0.1) is 0 Å². The fraction of sp³-hybridized carbons (Fsp3) is 0.429. The summed E-state index contributed by atoms with van der Waals surface area (Å²) < 4.78 is 0. The zero-order valence-corrected chi connectivity index (χ0v) is 14.7. The average molecular weight is 342 g/mol. The van der Waals surface area contributed by atoms with Crippen LogP contribution in [0.1, 0.15) is 36.8 Å². The van der Waals surface area contributed by atoms with E-state index in [1.54, 1.807) is 6.07 Å². The minimum atomic E-state index is 0.292. The van der Waals surface area contributed by atoms with Gasteiger partial charge in [0.15, 0.2) is 0 Å². The Hall–Kier alpha value is -1.51. The molecule has 3 heteroatoms. The quantitative estimate of drug-likeness (QED) is 0.864. The summed E-state index contributed by atoms with van der Waals surface area (Å²) in [6, 6.07) is 16.9. The lowest BCUT2D eigenvalue weighted by Crippen LogP contribution is -2.43. The molecule has 2 aliphatic rings. The molecule has 2 fully saturated rings. The van der Waals surface area contributed by atoms with Gasteiger partial charge in [-0.2, -0.15) is 0 Å². The first kappa shape index (κ1) is 16.0. The molecule has 2 atom stereocenters. The van der Waals surface area contributed by atoms with E-state index in [1.807, 2.05) is 24.3 Å². The Balaban J connectivity index is 1.42. The molecule has 2 bridgehead atoms. The van der Waals surface area contributed by atoms with Crippen molar-refractivity contribution in [3.8, 4) is 5.75 Å². The molecule has 2 nitrogen and oxygen atoms in total. The molecule has 0 radical (unpaired) electrons. The topological polar surface area (TPSA) is 23.5 Å². The second-order valence-corrected chi connectivity index (χ2v) is 7.83. The van der Waals surface area contributed by atoms with E-state index >= 15 is 0 Å². The Kier molecular flexibility index (Phi) is 4.28. The fourth-order valence-corrected chi connectivity index (χ4v) is 4.76. The summed E-state index contributed by atoms with van der Waals surface area (Å²) in [5, 5.41) is 10.6. The summed E-state index contributed by atoms with van der Waals surface area (Å²) in [5.41, 5.74) is 2.99. The normalized spacial score (nSPS) is 26.6. The first-order valence-electron chi connectivity index (χ1n) is 8.93. The number of rotatable bonds is 4. The van der Waals surface area contributed by atoms with Crippen molar-refractivity contribution in [1.29, 1.82) is 0 Å². The maximum atomic E-state index is 9.83. The first-order chi connectivity index (χ1) is 11.6. The highest BCUT2D eigenvalue weighted by Gasteiger charge is 2.46. The molecule has 0 spiro atoms. The van der Waals surface area contributed by atoms with Gasteiger partial charge in [-0.15, -0.1) is 0 Å². The second-order valence-electron chi connectivity index (χ2n) is 7.39. The zero-order valence-electron chi connectivity index (χ0n) is 13.9. The second kappa shape index (κ2) is 6.42. The van der Waals surface area contributed by atoms with E-state index in [4.69, 9.17) is 11.6 Å². The number of aromatic hydroxyl groups is 1. The number of likely N-dealkylation sites (tertiary alicyclic amines) is 1. The molecule has 1 N–H and O–H groups in total. The number of phenolic OH excluding ortho intramolecular Hbond substituents is 1. The number of fused-ring (bicyclic) bond motifs is 2. The van der Waals surface area contributed by atoms with Crippen molar-refractivity contribution in [2.24, 2.45) is 0 Å². The van der Waals surface area contributed by atoms with Gasteiger partial charge in [0.1, 0.15) is 5.75 Å². The molecule has 2 aromatic carbocycles. The number of benzene rings is 2.